The van der Waals surface area contributed by atoms with Crippen LogP contribution in [0.3, 0.4) is 0 Å². The minimum Gasteiger partial charge on any atom is -0.465 e. The Morgan fingerprint density at radius 3 is 2.80 bits per heavy atom. The Bertz CT molecular complexity index is 345. The van der Waals surface area contributed by atoms with Crippen molar-refractivity contribution in [2.45, 2.75) is 32.6 Å². The molecule has 0 aromatic carbocycles. The van der Waals surface area contributed by atoms with Crippen LogP contribution in [0, 0.1) is 6.92 Å². The van der Waals surface area contributed by atoms with Gasteiger partial charge in [-0.15, -0.1) is 0 Å². The fourth-order valence-corrected chi connectivity index (χ4v) is 2.17. The lowest BCUT2D eigenvalue weighted by Crippen LogP contribution is -2.26. The highest BCUT2D eigenvalue weighted by molar-refractivity contribution is 5.51. The van der Waals surface area contributed by atoms with E-state index < -0.39 is 0 Å². The Labute approximate surface area is 91.4 Å². The smallest absolute Gasteiger partial charge is 0.108 e. The maximum atomic E-state index is 5.83. The number of hydrogen-bond donors (Lipinski definition) is 1. The summed E-state index contributed by atoms with van der Waals surface area (Å²) < 4.78 is 5.83. The Kier molecular flexibility index (Phi) is 3.27. The van der Waals surface area contributed by atoms with Gasteiger partial charge in [-0.05, 0) is 45.8 Å². The summed E-state index contributed by atoms with van der Waals surface area (Å²) in [4.78, 5) is 0. The standard InChI is InChI=1S/C13H19NO/c1-3-4-12-9-13(15-10(12)2)11-5-7-14-8-6-11/h3-4,9,11,14H,5-8H2,1-2H3/b4-3-. The van der Waals surface area contributed by atoms with Crippen LogP contribution in [0.25, 0.3) is 6.08 Å². The lowest BCUT2D eigenvalue weighted by molar-refractivity contribution is 0.377. The van der Waals surface area contributed by atoms with Crippen molar-refractivity contribution < 1.29 is 4.42 Å². The Balaban J connectivity index is 2.17. The van der Waals surface area contributed by atoms with Crippen molar-refractivity contribution in [1.29, 1.82) is 0 Å². The number of furan rings is 1. The zero-order valence-electron chi connectivity index (χ0n) is 9.55. The fraction of sp³-hybridized carbons (Fsp3) is 0.538. The summed E-state index contributed by atoms with van der Waals surface area (Å²) in [5, 5.41) is 3.38. The Morgan fingerprint density at radius 1 is 1.40 bits per heavy atom. The molecule has 15 heavy (non-hydrogen) atoms. The van der Waals surface area contributed by atoms with Crippen molar-refractivity contribution in [3.63, 3.8) is 0 Å². The summed E-state index contributed by atoms with van der Waals surface area (Å²) in [7, 11) is 0. The lowest BCUT2D eigenvalue weighted by atomic mass is 9.95. The molecule has 2 rings (SSSR count). The van der Waals surface area contributed by atoms with Crippen LogP contribution >= 0.6 is 0 Å². The molecule has 1 aliphatic rings. The third-order valence-corrected chi connectivity index (χ3v) is 3.06. The molecule has 0 bridgehead atoms. The van der Waals surface area contributed by atoms with E-state index in [0.29, 0.717) is 5.92 Å². The third-order valence-electron chi connectivity index (χ3n) is 3.06. The van der Waals surface area contributed by atoms with Gasteiger partial charge in [0.25, 0.3) is 0 Å². The zero-order chi connectivity index (χ0) is 10.7. The van der Waals surface area contributed by atoms with E-state index in [1.807, 2.05) is 13.8 Å². The van der Waals surface area contributed by atoms with Gasteiger partial charge in [-0.1, -0.05) is 12.2 Å². The van der Waals surface area contributed by atoms with Crippen LogP contribution < -0.4 is 5.32 Å². The molecule has 2 nitrogen and oxygen atoms in total. The second-order valence-electron chi connectivity index (χ2n) is 4.18. The summed E-state index contributed by atoms with van der Waals surface area (Å²) in [5.41, 5.74) is 1.23. The van der Waals surface area contributed by atoms with Crippen LogP contribution in [0.2, 0.25) is 0 Å². The number of rotatable bonds is 2. The van der Waals surface area contributed by atoms with Crippen LogP contribution in [-0.2, 0) is 0 Å². The first kappa shape index (κ1) is 10.5. The first-order valence-corrected chi connectivity index (χ1v) is 5.75. The monoisotopic (exact) mass is 205 g/mol. The topological polar surface area (TPSA) is 25.2 Å². The van der Waals surface area contributed by atoms with Crippen LogP contribution in [0.4, 0.5) is 0 Å². The minimum absolute atomic E-state index is 0.615. The first-order valence-electron chi connectivity index (χ1n) is 5.75. The van der Waals surface area contributed by atoms with Crippen molar-refractivity contribution in [2.24, 2.45) is 0 Å². The average molecular weight is 205 g/mol. The van der Waals surface area contributed by atoms with E-state index in [1.54, 1.807) is 0 Å². The molecule has 0 aliphatic carbocycles. The number of hydrogen-bond acceptors (Lipinski definition) is 2. The van der Waals surface area contributed by atoms with Gasteiger partial charge >= 0.3 is 0 Å². The molecule has 1 aromatic heterocycles. The van der Waals surface area contributed by atoms with Gasteiger partial charge in [0.2, 0.25) is 0 Å². The molecule has 1 saturated heterocycles. The molecule has 1 N–H and O–H groups in total. The lowest BCUT2D eigenvalue weighted by Gasteiger charge is -2.20. The van der Waals surface area contributed by atoms with Gasteiger partial charge < -0.3 is 9.73 Å². The molecule has 82 valence electrons. The number of nitrogens with one attached hydrogen (secondary N) is 1. The molecule has 1 aromatic rings. The second kappa shape index (κ2) is 4.67. The summed E-state index contributed by atoms with van der Waals surface area (Å²) in [6, 6.07) is 2.20. The molecule has 0 atom stereocenters. The summed E-state index contributed by atoms with van der Waals surface area (Å²) in [5.74, 6) is 2.83. The summed E-state index contributed by atoms with van der Waals surface area (Å²) in [6.45, 7) is 6.31. The van der Waals surface area contributed by atoms with E-state index in [9.17, 15) is 0 Å². The van der Waals surface area contributed by atoms with Gasteiger partial charge in [0, 0.05) is 11.5 Å². The normalized spacial score (nSPS) is 18.8. The summed E-state index contributed by atoms with van der Waals surface area (Å²) in [6.07, 6.45) is 6.57. The van der Waals surface area contributed by atoms with Gasteiger partial charge in [0.15, 0.2) is 0 Å². The maximum absolute atomic E-state index is 5.83. The van der Waals surface area contributed by atoms with Gasteiger partial charge in [-0.2, -0.15) is 0 Å². The van der Waals surface area contributed by atoms with Crippen LogP contribution in [0.1, 0.15) is 42.8 Å². The number of allylic oxidation sites excluding steroid dienone is 1. The highest BCUT2D eigenvalue weighted by atomic mass is 16.3. The zero-order valence-corrected chi connectivity index (χ0v) is 9.55. The molecule has 0 amide bonds. The molecular formula is C13H19NO. The van der Waals surface area contributed by atoms with Gasteiger partial charge in [-0.25, -0.2) is 0 Å². The SMILES string of the molecule is C/C=C\c1cc(C2CCNCC2)oc1C. The van der Waals surface area contributed by atoms with E-state index in [2.05, 4.69) is 23.5 Å². The number of piperidine rings is 1. The van der Waals surface area contributed by atoms with Crippen molar-refractivity contribution >= 4 is 6.08 Å². The van der Waals surface area contributed by atoms with E-state index in [0.717, 1.165) is 18.8 Å². The average Bonchev–Trinajstić information content (AvgIpc) is 2.63. The second-order valence-corrected chi connectivity index (χ2v) is 4.18. The van der Waals surface area contributed by atoms with Crippen molar-refractivity contribution in [3.8, 4) is 0 Å². The molecule has 0 saturated carbocycles. The maximum Gasteiger partial charge on any atom is 0.108 e. The van der Waals surface area contributed by atoms with Crippen molar-refractivity contribution in [3.05, 3.63) is 29.2 Å². The first-order chi connectivity index (χ1) is 7.31. The summed E-state index contributed by atoms with van der Waals surface area (Å²) >= 11 is 0. The highest BCUT2D eigenvalue weighted by Gasteiger charge is 2.19. The van der Waals surface area contributed by atoms with E-state index in [1.165, 1.54) is 24.2 Å². The molecular weight excluding hydrogens is 186 g/mol. The quantitative estimate of drug-likeness (QED) is 0.802. The van der Waals surface area contributed by atoms with Crippen molar-refractivity contribution in [2.75, 3.05) is 13.1 Å². The molecule has 1 fully saturated rings. The van der Waals surface area contributed by atoms with E-state index in [-0.39, 0.29) is 0 Å². The molecule has 0 unspecified atom stereocenters. The molecule has 0 radical (unpaired) electrons. The molecule has 2 heterocycles. The third kappa shape index (κ3) is 2.32. The largest absolute Gasteiger partial charge is 0.465 e. The van der Waals surface area contributed by atoms with Gasteiger partial charge in [-0.3, -0.25) is 0 Å². The Morgan fingerprint density at radius 2 is 2.13 bits per heavy atom. The predicted octanol–water partition coefficient (Wildman–Crippen LogP) is 3.09. The number of aryl methyl sites for hydroxylation is 1. The van der Waals surface area contributed by atoms with Gasteiger partial charge in [0.1, 0.15) is 11.5 Å². The molecule has 1 aliphatic heterocycles. The fourth-order valence-electron chi connectivity index (χ4n) is 2.17. The minimum atomic E-state index is 0.615. The van der Waals surface area contributed by atoms with E-state index in [4.69, 9.17) is 4.42 Å². The predicted molar refractivity (Wildman–Crippen MR) is 63.0 cm³/mol. The van der Waals surface area contributed by atoms with Crippen LogP contribution in [0.15, 0.2) is 16.6 Å². The van der Waals surface area contributed by atoms with Crippen LogP contribution in [-0.4, -0.2) is 13.1 Å². The van der Waals surface area contributed by atoms with Gasteiger partial charge in [0.05, 0.1) is 0 Å². The van der Waals surface area contributed by atoms with E-state index >= 15 is 0 Å². The molecule has 2 heteroatoms. The van der Waals surface area contributed by atoms with Crippen molar-refractivity contribution in [1.82, 2.24) is 5.32 Å². The molecule has 0 spiro atoms. The highest BCUT2D eigenvalue weighted by Crippen LogP contribution is 2.29. The van der Waals surface area contributed by atoms with Crippen LogP contribution in [0.5, 0.6) is 0 Å². The Hall–Kier alpha value is -1.02.